The number of nitrogens with zero attached hydrogens (tertiary/aromatic N) is 2. The van der Waals surface area contributed by atoms with Crippen molar-refractivity contribution in [2.24, 2.45) is 0 Å². The lowest BCUT2D eigenvalue weighted by molar-refractivity contribution is -0.149. The minimum absolute atomic E-state index is 0.00361. The molecule has 2 N–H and O–H groups in total. The van der Waals surface area contributed by atoms with Crippen LogP contribution in [0.3, 0.4) is 0 Å². The minimum atomic E-state index is -4.63. The highest BCUT2D eigenvalue weighted by Crippen LogP contribution is 2.27. The topological polar surface area (TPSA) is 91.2 Å². The number of fused-ring (bicyclic) bond motifs is 2. The summed E-state index contributed by atoms with van der Waals surface area (Å²) < 4.78 is 70.6. The third kappa shape index (κ3) is 3.73. The van der Waals surface area contributed by atoms with Crippen LogP contribution in [-0.2, 0) is 13.0 Å². The van der Waals surface area contributed by atoms with Crippen molar-refractivity contribution < 1.29 is 36.1 Å². The van der Waals surface area contributed by atoms with Crippen LogP contribution in [0.5, 0.6) is 0 Å². The summed E-state index contributed by atoms with van der Waals surface area (Å²) in [5.74, 6) is -3.49. The van der Waals surface area contributed by atoms with Crippen LogP contribution in [0.1, 0.15) is 39.2 Å². The molecule has 1 aliphatic heterocycles. The summed E-state index contributed by atoms with van der Waals surface area (Å²) in [6, 6.07) is 1.30. The molecule has 0 radical (unpaired) electrons. The Morgan fingerprint density at radius 1 is 1.29 bits per heavy atom. The van der Waals surface area contributed by atoms with Crippen molar-refractivity contribution in [1.29, 1.82) is 0 Å². The van der Waals surface area contributed by atoms with Crippen LogP contribution in [0, 0.1) is 11.6 Å². The Kier molecular flexibility index (Phi) is 4.94. The summed E-state index contributed by atoms with van der Waals surface area (Å²) in [4.78, 5) is 29.1. The monoisotopic (exact) mass is 442 g/mol. The Bertz CT molecular complexity index is 1180. The lowest BCUT2D eigenvalue weighted by Gasteiger charge is -2.26. The maximum atomic E-state index is 13.9. The Morgan fingerprint density at radius 2 is 2.03 bits per heavy atom. The molecule has 164 valence electrons. The van der Waals surface area contributed by atoms with E-state index in [0.717, 1.165) is 13.0 Å². The highest BCUT2D eigenvalue weighted by Gasteiger charge is 2.39. The van der Waals surface area contributed by atoms with Crippen LogP contribution in [-0.4, -0.2) is 45.6 Å². The highest BCUT2D eigenvalue weighted by molar-refractivity contribution is 5.99. The molecule has 1 atom stereocenters. The zero-order valence-electron chi connectivity index (χ0n) is 15.9. The van der Waals surface area contributed by atoms with Crippen molar-refractivity contribution in [1.82, 2.24) is 20.4 Å². The van der Waals surface area contributed by atoms with E-state index in [0.29, 0.717) is 5.76 Å². The number of H-pyrrole nitrogens is 1. The minimum Gasteiger partial charge on any atom is -0.360 e. The lowest BCUT2D eigenvalue weighted by atomic mass is 10.0. The van der Waals surface area contributed by atoms with Gasteiger partial charge >= 0.3 is 6.18 Å². The second-order valence-electron chi connectivity index (χ2n) is 7.15. The number of carbonyl (C=O) groups is 2. The van der Waals surface area contributed by atoms with Gasteiger partial charge < -0.3 is 19.7 Å². The molecule has 0 spiro atoms. The third-order valence-electron chi connectivity index (χ3n) is 5.09. The average Bonchev–Trinajstić information content (AvgIpc) is 3.33. The Labute approximate surface area is 171 Å². The molecule has 0 fully saturated rings. The van der Waals surface area contributed by atoms with E-state index < -0.39 is 35.7 Å². The zero-order valence-corrected chi connectivity index (χ0v) is 15.9. The molecule has 2 amide bonds. The number of benzene rings is 1. The van der Waals surface area contributed by atoms with Crippen molar-refractivity contribution in [2.45, 2.75) is 32.1 Å². The number of hydrogen-bond donors (Lipinski definition) is 2. The molecule has 3 aromatic rings. The van der Waals surface area contributed by atoms with E-state index in [4.69, 9.17) is 4.52 Å². The van der Waals surface area contributed by atoms with Gasteiger partial charge in [-0.3, -0.25) is 9.59 Å². The molecule has 1 unspecified atom stereocenters. The quantitative estimate of drug-likeness (QED) is 0.609. The SMILES string of the molecule is CC(NC(=O)c1noc2c1CN(C(=O)c1cc3c(F)c(F)ccc3[nH]1)CC2)C(F)(F)F. The first-order valence-electron chi connectivity index (χ1n) is 9.17. The number of alkyl halides is 3. The number of aromatic amines is 1. The van der Waals surface area contributed by atoms with Gasteiger partial charge in [-0.15, -0.1) is 0 Å². The van der Waals surface area contributed by atoms with Crippen molar-refractivity contribution in [2.75, 3.05) is 6.54 Å². The summed E-state index contributed by atoms with van der Waals surface area (Å²) in [5, 5.41) is 5.28. The van der Waals surface area contributed by atoms with E-state index in [1.807, 2.05) is 0 Å². The number of carbonyl (C=O) groups excluding carboxylic acids is 2. The predicted octanol–water partition coefficient (Wildman–Crippen LogP) is 3.31. The van der Waals surface area contributed by atoms with Gasteiger partial charge in [-0.2, -0.15) is 13.2 Å². The predicted molar refractivity (Wildman–Crippen MR) is 96.1 cm³/mol. The first-order chi connectivity index (χ1) is 14.6. The summed E-state index contributed by atoms with van der Waals surface area (Å²) in [7, 11) is 0. The van der Waals surface area contributed by atoms with Crippen molar-refractivity contribution in [3.05, 3.63) is 52.5 Å². The van der Waals surface area contributed by atoms with Gasteiger partial charge in [0.15, 0.2) is 17.3 Å². The maximum Gasteiger partial charge on any atom is 0.408 e. The van der Waals surface area contributed by atoms with Crippen LogP contribution in [0.15, 0.2) is 22.7 Å². The Hall–Kier alpha value is -3.44. The van der Waals surface area contributed by atoms with Gasteiger partial charge in [-0.1, -0.05) is 5.16 Å². The molecule has 1 aliphatic rings. The fourth-order valence-corrected chi connectivity index (χ4v) is 3.34. The molecule has 4 rings (SSSR count). The van der Waals surface area contributed by atoms with E-state index in [1.54, 1.807) is 5.32 Å². The third-order valence-corrected chi connectivity index (χ3v) is 5.09. The fourth-order valence-electron chi connectivity index (χ4n) is 3.34. The number of hydrogen-bond acceptors (Lipinski definition) is 4. The summed E-state index contributed by atoms with van der Waals surface area (Å²) in [5.41, 5.74) is 0.0791. The first kappa shape index (κ1) is 20.8. The van der Waals surface area contributed by atoms with Crippen molar-refractivity contribution in [3.63, 3.8) is 0 Å². The normalized spacial score (nSPS) is 15.1. The van der Waals surface area contributed by atoms with Gasteiger partial charge in [0.25, 0.3) is 11.8 Å². The van der Waals surface area contributed by atoms with Gasteiger partial charge in [0.1, 0.15) is 17.5 Å². The molecule has 1 aromatic carbocycles. The number of aromatic nitrogens is 2. The number of amides is 2. The molecule has 31 heavy (non-hydrogen) atoms. The van der Waals surface area contributed by atoms with E-state index in [2.05, 4.69) is 10.1 Å². The lowest BCUT2D eigenvalue weighted by Crippen LogP contribution is -2.44. The van der Waals surface area contributed by atoms with E-state index in [1.165, 1.54) is 17.0 Å². The maximum absolute atomic E-state index is 13.9. The second kappa shape index (κ2) is 7.36. The van der Waals surface area contributed by atoms with E-state index in [9.17, 15) is 31.5 Å². The van der Waals surface area contributed by atoms with Crippen LogP contribution >= 0.6 is 0 Å². The molecular formula is C19H15F5N4O3. The molecule has 0 saturated carbocycles. The Morgan fingerprint density at radius 3 is 2.74 bits per heavy atom. The van der Waals surface area contributed by atoms with Crippen LogP contribution < -0.4 is 5.32 Å². The number of rotatable bonds is 3. The fraction of sp³-hybridized carbons (Fsp3) is 0.316. The summed E-state index contributed by atoms with van der Waals surface area (Å²) >= 11 is 0. The standard InChI is InChI=1S/C19H15F5N4O3/c1-8(19(22,23)24)25-17(29)16-10-7-28(5-4-14(10)31-27-16)18(30)13-6-9-12(26-13)3-2-11(20)15(9)21/h2-3,6,8,26H,4-5,7H2,1H3,(H,25,29). The smallest absolute Gasteiger partial charge is 0.360 e. The number of halogens is 5. The molecule has 2 aromatic heterocycles. The molecule has 3 heterocycles. The van der Waals surface area contributed by atoms with Gasteiger partial charge in [-0.25, -0.2) is 8.78 Å². The largest absolute Gasteiger partial charge is 0.408 e. The zero-order chi connectivity index (χ0) is 22.5. The molecule has 0 aliphatic carbocycles. The molecular weight excluding hydrogens is 427 g/mol. The van der Waals surface area contributed by atoms with E-state index in [-0.39, 0.29) is 47.4 Å². The average molecular weight is 442 g/mol. The van der Waals surface area contributed by atoms with Crippen molar-refractivity contribution in [3.8, 4) is 0 Å². The van der Waals surface area contributed by atoms with Gasteiger partial charge in [0, 0.05) is 29.4 Å². The van der Waals surface area contributed by atoms with Gasteiger partial charge in [-0.05, 0) is 25.1 Å². The van der Waals surface area contributed by atoms with Crippen LogP contribution in [0.2, 0.25) is 0 Å². The summed E-state index contributed by atoms with van der Waals surface area (Å²) in [6.07, 6.45) is -4.45. The molecule has 12 heteroatoms. The van der Waals surface area contributed by atoms with Gasteiger partial charge in [0.05, 0.1) is 6.54 Å². The first-order valence-corrected chi connectivity index (χ1v) is 9.17. The summed E-state index contributed by atoms with van der Waals surface area (Å²) in [6.45, 7) is 0.818. The second-order valence-corrected chi connectivity index (χ2v) is 7.15. The van der Waals surface area contributed by atoms with Crippen LogP contribution in [0.4, 0.5) is 22.0 Å². The highest BCUT2D eigenvalue weighted by atomic mass is 19.4. The Balaban J connectivity index is 1.56. The van der Waals surface area contributed by atoms with E-state index >= 15 is 0 Å². The number of nitrogens with one attached hydrogen (secondary N) is 2. The molecule has 0 saturated heterocycles. The molecule has 7 nitrogen and oxygen atoms in total. The van der Waals surface area contributed by atoms with Crippen molar-refractivity contribution >= 4 is 22.7 Å². The van der Waals surface area contributed by atoms with Gasteiger partial charge in [0.2, 0.25) is 0 Å². The van der Waals surface area contributed by atoms with Crippen LogP contribution in [0.25, 0.3) is 10.9 Å². The molecule has 0 bridgehead atoms.